The number of hydrogen-bond acceptors (Lipinski definition) is 5. The number of nitrogens with zero attached hydrogens (tertiary/aromatic N) is 2. The van der Waals surface area contributed by atoms with Gasteiger partial charge in [-0.25, -0.2) is 4.98 Å². The van der Waals surface area contributed by atoms with Crippen LogP contribution in [-0.2, 0) is 11.3 Å². The van der Waals surface area contributed by atoms with Crippen molar-refractivity contribution < 1.29 is 9.53 Å². The van der Waals surface area contributed by atoms with Crippen LogP contribution in [0.25, 0.3) is 0 Å². The minimum absolute atomic E-state index is 0.0809. The highest BCUT2D eigenvalue weighted by atomic mass is 16.5. The predicted octanol–water partition coefficient (Wildman–Crippen LogP) is 3.71. The zero-order valence-corrected chi connectivity index (χ0v) is 15.9. The first-order valence-electron chi connectivity index (χ1n) is 9.63. The standard InChI is InChI=1S/C21H26N4O2/c1-14-9-17(12-23-21(14)25-8-4-3-5-15(25)2)22-11-16-6-7-19-18(10-16)24-20(26)13-27-19/h6-7,9-10,12,15,22H,3-5,8,11,13H2,1-2H3,(H,24,26). The van der Waals surface area contributed by atoms with Crippen LogP contribution in [0.2, 0.25) is 0 Å². The molecule has 142 valence electrons. The molecule has 1 aromatic heterocycles. The molecule has 1 saturated heterocycles. The minimum Gasteiger partial charge on any atom is -0.482 e. The molecule has 0 aliphatic carbocycles. The van der Waals surface area contributed by atoms with E-state index in [2.05, 4.69) is 35.4 Å². The number of carbonyl (C=O) groups is 1. The third-order valence-electron chi connectivity index (χ3n) is 5.30. The highest BCUT2D eigenvalue weighted by Gasteiger charge is 2.21. The number of nitrogens with one attached hydrogen (secondary N) is 2. The summed E-state index contributed by atoms with van der Waals surface area (Å²) in [6, 6.07) is 8.57. The van der Waals surface area contributed by atoms with E-state index in [9.17, 15) is 4.79 Å². The van der Waals surface area contributed by atoms with Gasteiger partial charge < -0.3 is 20.3 Å². The van der Waals surface area contributed by atoms with Crippen molar-refractivity contribution in [2.75, 3.05) is 28.7 Å². The molecule has 2 aliphatic rings. The molecule has 2 aromatic rings. The number of carbonyl (C=O) groups excluding carboxylic acids is 1. The molecule has 0 spiro atoms. The van der Waals surface area contributed by atoms with Gasteiger partial charge in [-0.3, -0.25) is 4.79 Å². The fraction of sp³-hybridized carbons (Fsp3) is 0.429. The number of amides is 1. The summed E-state index contributed by atoms with van der Waals surface area (Å²) in [5, 5.41) is 6.27. The molecule has 2 N–H and O–H groups in total. The normalized spacial score (nSPS) is 19.1. The number of piperidine rings is 1. The van der Waals surface area contributed by atoms with Crippen molar-refractivity contribution in [1.29, 1.82) is 0 Å². The highest BCUT2D eigenvalue weighted by molar-refractivity contribution is 5.95. The Balaban J connectivity index is 1.44. The van der Waals surface area contributed by atoms with Crippen molar-refractivity contribution in [1.82, 2.24) is 4.98 Å². The maximum atomic E-state index is 11.5. The summed E-state index contributed by atoms with van der Waals surface area (Å²) in [6.07, 6.45) is 5.69. The summed E-state index contributed by atoms with van der Waals surface area (Å²) >= 11 is 0. The fourth-order valence-corrected chi connectivity index (χ4v) is 3.82. The number of fused-ring (bicyclic) bond motifs is 1. The molecule has 0 saturated carbocycles. The van der Waals surface area contributed by atoms with E-state index in [4.69, 9.17) is 9.72 Å². The van der Waals surface area contributed by atoms with Crippen LogP contribution in [0.1, 0.15) is 37.3 Å². The summed E-state index contributed by atoms with van der Waals surface area (Å²) in [7, 11) is 0. The molecule has 27 heavy (non-hydrogen) atoms. The van der Waals surface area contributed by atoms with E-state index in [-0.39, 0.29) is 12.5 Å². The van der Waals surface area contributed by atoms with Gasteiger partial charge in [0.15, 0.2) is 6.61 Å². The van der Waals surface area contributed by atoms with Gasteiger partial charge >= 0.3 is 0 Å². The van der Waals surface area contributed by atoms with Crippen LogP contribution < -0.4 is 20.3 Å². The Bertz CT molecular complexity index is 852. The second-order valence-corrected chi connectivity index (χ2v) is 7.42. The Morgan fingerprint density at radius 1 is 1.33 bits per heavy atom. The zero-order valence-electron chi connectivity index (χ0n) is 15.9. The van der Waals surface area contributed by atoms with Gasteiger partial charge in [0, 0.05) is 19.1 Å². The van der Waals surface area contributed by atoms with Gasteiger partial charge in [0.25, 0.3) is 5.91 Å². The number of benzene rings is 1. The number of ether oxygens (including phenoxy) is 1. The van der Waals surface area contributed by atoms with Crippen LogP contribution in [0.3, 0.4) is 0 Å². The Morgan fingerprint density at radius 3 is 3.04 bits per heavy atom. The molecule has 1 unspecified atom stereocenters. The monoisotopic (exact) mass is 366 g/mol. The molecule has 0 bridgehead atoms. The number of rotatable bonds is 4. The second kappa shape index (κ2) is 7.47. The fourth-order valence-electron chi connectivity index (χ4n) is 3.82. The van der Waals surface area contributed by atoms with E-state index in [1.807, 2.05) is 24.4 Å². The third kappa shape index (κ3) is 3.84. The number of aryl methyl sites for hydroxylation is 1. The summed E-state index contributed by atoms with van der Waals surface area (Å²) in [5.41, 5.74) is 4.00. The molecular formula is C21H26N4O2. The number of anilines is 3. The van der Waals surface area contributed by atoms with Crippen LogP contribution in [0.4, 0.5) is 17.2 Å². The Morgan fingerprint density at radius 2 is 2.22 bits per heavy atom. The summed E-state index contributed by atoms with van der Waals surface area (Å²) in [5.74, 6) is 1.70. The SMILES string of the molecule is Cc1cc(NCc2ccc3c(c2)NC(=O)CO3)cnc1N1CCCCC1C. The van der Waals surface area contributed by atoms with Crippen LogP contribution in [0, 0.1) is 6.92 Å². The lowest BCUT2D eigenvalue weighted by Gasteiger charge is -2.35. The Labute approximate surface area is 159 Å². The van der Waals surface area contributed by atoms with Crippen LogP contribution in [-0.4, -0.2) is 30.1 Å². The van der Waals surface area contributed by atoms with Crippen molar-refractivity contribution in [2.45, 2.75) is 45.7 Å². The molecule has 2 aliphatic heterocycles. The zero-order chi connectivity index (χ0) is 18.8. The number of aromatic nitrogens is 1. The molecule has 6 heteroatoms. The maximum Gasteiger partial charge on any atom is 0.262 e. The van der Waals surface area contributed by atoms with Gasteiger partial charge in [0.1, 0.15) is 11.6 Å². The molecule has 1 amide bonds. The molecule has 6 nitrogen and oxygen atoms in total. The van der Waals surface area contributed by atoms with E-state index in [1.54, 1.807) is 0 Å². The van der Waals surface area contributed by atoms with E-state index >= 15 is 0 Å². The Hall–Kier alpha value is -2.76. The quantitative estimate of drug-likeness (QED) is 0.863. The Kier molecular flexibility index (Phi) is 4.88. The maximum absolute atomic E-state index is 11.5. The topological polar surface area (TPSA) is 66.5 Å². The molecule has 1 aromatic carbocycles. The minimum atomic E-state index is -0.116. The average Bonchev–Trinajstić information content (AvgIpc) is 2.67. The van der Waals surface area contributed by atoms with Crippen molar-refractivity contribution in [3.8, 4) is 5.75 Å². The first kappa shape index (κ1) is 17.6. The van der Waals surface area contributed by atoms with Crippen molar-refractivity contribution in [2.24, 2.45) is 0 Å². The lowest BCUT2D eigenvalue weighted by molar-refractivity contribution is -0.118. The van der Waals surface area contributed by atoms with Crippen molar-refractivity contribution in [3.63, 3.8) is 0 Å². The van der Waals surface area contributed by atoms with E-state index in [1.165, 1.54) is 24.8 Å². The van der Waals surface area contributed by atoms with Crippen molar-refractivity contribution in [3.05, 3.63) is 41.6 Å². The number of hydrogen-bond donors (Lipinski definition) is 2. The van der Waals surface area contributed by atoms with E-state index in [0.29, 0.717) is 12.6 Å². The van der Waals surface area contributed by atoms with Crippen LogP contribution in [0.5, 0.6) is 5.75 Å². The lowest BCUT2D eigenvalue weighted by Crippen LogP contribution is -2.38. The summed E-state index contributed by atoms with van der Waals surface area (Å²) in [6.45, 7) is 6.23. The van der Waals surface area contributed by atoms with Gasteiger partial charge in [-0.15, -0.1) is 0 Å². The predicted molar refractivity (Wildman–Crippen MR) is 108 cm³/mol. The summed E-state index contributed by atoms with van der Waals surface area (Å²) < 4.78 is 5.40. The largest absolute Gasteiger partial charge is 0.482 e. The molecule has 1 fully saturated rings. The van der Waals surface area contributed by atoms with Gasteiger partial charge in [0.2, 0.25) is 0 Å². The molecular weight excluding hydrogens is 340 g/mol. The van der Waals surface area contributed by atoms with Gasteiger partial charge in [0.05, 0.1) is 17.6 Å². The third-order valence-corrected chi connectivity index (χ3v) is 5.30. The molecule has 4 rings (SSSR count). The molecule has 3 heterocycles. The molecule has 1 atom stereocenters. The smallest absolute Gasteiger partial charge is 0.262 e. The van der Waals surface area contributed by atoms with E-state index < -0.39 is 0 Å². The summed E-state index contributed by atoms with van der Waals surface area (Å²) in [4.78, 5) is 18.6. The first-order valence-corrected chi connectivity index (χ1v) is 9.63. The van der Waals surface area contributed by atoms with Gasteiger partial charge in [-0.1, -0.05) is 6.07 Å². The highest BCUT2D eigenvalue weighted by Crippen LogP contribution is 2.30. The van der Waals surface area contributed by atoms with Gasteiger partial charge in [-0.05, 0) is 62.4 Å². The molecule has 0 radical (unpaired) electrons. The van der Waals surface area contributed by atoms with Crippen molar-refractivity contribution >= 4 is 23.1 Å². The first-order chi connectivity index (χ1) is 13.1. The average molecular weight is 366 g/mol. The second-order valence-electron chi connectivity index (χ2n) is 7.42. The van der Waals surface area contributed by atoms with E-state index in [0.717, 1.165) is 35.1 Å². The van der Waals surface area contributed by atoms with Crippen LogP contribution >= 0.6 is 0 Å². The van der Waals surface area contributed by atoms with Gasteiger partial charge in [-0.2, -0.15) is 0 Å². The van der Waals surface area contributed by atoms with Crippen LogP contribution in [0.15, 0.2) is 30.5 Å². The number of pyridine rings is 1. The lowest BCUT2D eigenvalue weighted by atomic mass is 10.0.